The van der Waals surface area contributed by atoms with Crippen molar-refractivity contribution >= 4 is 64.1 Å². The molecule has 5 aliphatic rings. The first-order valence-corrected chi connectivity index (χ1v) is 22.9. The molecular formula is C53H53N5O10. The maximum Gasteiger partial charge on any atom is 0.260 e. The van der Waals surface area contributed by atoms with E-state index < -0.39 is 6.23 Å². The summed E-state index contributed by atoms with van der Waals surface area (Å²) in [5, 5.41) is 12.8. The molecule has 4 heterocycles. The van der Waals surface area contributed by atoms with Crippen LogP contribution in [0.1, 0.15) is 76.8 Å². The van der Waals surface area contributed by atoms with Crippen LogP contribution in [0.4, 0.5) is 17.1 Å². The molecule has 9 rings (SSSR count). The maximum absolute atomic E-state index is 14.0. The summed E-state index contributed by atoms with van der Waals surface area (Å²) in [6, 6.07) is 22.0. The van der Waals surface area contributed by atoms with Crippen LogP contribution in [0, 0.1) is 11.8 Å². The Labute approximate surface area is 394 Å². The van der Waals surface area contributed by atoms with Crippen molar-refractivity contribution in [1.29, 1.82) is 0 Å². The van der Waals surface area contributed by atoms with Crippen molar-refractivity contribution in [2.45, 2.75) is 57.2 Å². The molecule has 2 unspecified atom stereocenters. The quantitative estimate of drug-likeness (QED) is 0.0922. The van der Waals surface area contributed by atoms with E-state index in [1.807, 2.05) is 60.9 Å². The van der Waals surface area contributed by atoms with Gasteiger partial charge in [0.2, 0.25) is 11.8 Å². The number of Topliss-reactive ketones (excluding diaryl/α,β-unsaturated/α-hetero) is 1. The molecule has 2 N–H and O–H groups in total. The van der Waals surface area contributed by atoms with Gasteiger partial charge in [0.25, 0.3) is 5.91 Å². The lowest BCUT2D eigenvalue weighted by atomic mass is 9.89. The van der Waals surface area contributed by atoms with Crippen molar-refractivity contribution < 1.29 is 48.0 Å². The van der Waals surface area contributed by atoms with Crippen molar-refractivity contribution in [2.75, 3.05) is 46.4 Å². The van der Waals surface area contributed by atoms with Gasteiger partial charge in [-0.2, -0.15) is 0 Å². The van der Waals surface area contributed by atoms with Gasteiger partial charge in [-0.1, -0.05) is 36.8 Å². The van der Waals surface area contributed by atoms with E-state index in [4.69, 9.17) is 33.7 Å². The number of aliphatic hydroxyl groups is 1. The summed E-state index contributed by atoms with van der Waals surface area (Å²) in [4.78, 5) is 64.8. The number of carbonyl (C=O) groups excluding carboxylic acids is 4. The first-order valence-electron chi connectivity index (χ1n) is 22.9. The van der Waals surface area contributed by atoms with Gasteiger partial charge >= 0.3 is 0 Å². The van der Waals surface area contributed by atoms with Crippen molar-refractivity contribution in [1.82, 2.24) is 9.80 Å². The number of hydrogen-bond donors (Lipinski definition) is 2. The number of aliphatic imine (C=N–C) groups is 2. The van der Waals surface area contributed by atoms with Gasteiger partial charge in [-0.05, 0) is 84.0 Å². The fourth-order valence-electron chi connectivity index (χ4n) is 9.18. The number of aliphatic hydroxyl groups excluding tert-OH is 1. The highest BCUT2D eigenvalue weighted by Gasteiger charge is 2.37. The molecule has 4 atom stereocenters. The molecule has 4 aromatic carbocycles. The first-order chi connectivity index (χ1) is 33.1. The van der Waals surface area contributed by atoms with Crippen LogP contribution >= 0.6 is 0 Å². The van der Waals surface area contributed by atoms with Crippen LogP contribution in [0.15, 0.2) is 107 Å². The number of ketones is 1. The molecular weight excluding hydrogens is 867 g/mol. The Morgan fingerprint density at radius 3 is 2.07 bits per heavy atom. The van der Waals surface area contributed by atoms with Crippen molar-refractivity contribution in [3.63, 3.8) is 0 Å². The summed E-state index contributed by atoms with van der Waals surface area (Å²) < 4.78 is 29.0. The Hall–Kier alpha value is -7.52. The second-order valence-corrected chi connectivity index (χ2v) is 17.2. The molecule has 0 saturated carbocycles. The van der Waals surface area contributed by atoms with Crippen LogP contribution < -0.4 is 29.0 Å². The fourth-order valence-corrected chi connectivity index (χ4v) is 9.18. The van der Waals surface area contributed by atoms with Gasteiger partial charge < -0.3 is 43.9 Å². The van der Waals surface area contributed by atoms with E-state index in [-0.39, 0.29) is 54.6 Å². The van der Waals surface area contributed by atoms with E-state index in [2.05, 4.69) is 11.4 Å². The SMILES string of the molecule is COc1ccc(C2=CC3C(=O)c4cc(OC)c(OCCCOc5cc6c(cc5OC)C(=O)N5C=C(c7ccc(NC(=O)CCCCCN8C(=O)C=CC8O)cc7)C[C@H]5C=N6)cc4N=C[C@@H]3C2)cc1. The van der Waals surface area contributed by atoms with Crippen LogP contribution in [-0.2, 0) is 9.59 Å². The number of hydrogen-bond acceptors (Lipinski definition) is 12. The van der Waals surface area contributed by atoms with E-state index in [1.54, 1.807) is 49.6 Å². The lowest BCUT2D eigenvalue weighted by Crippen LogP contribution is -2.34. The smallest absolute Gasteiger partial charge is 0.260 e. The summed E-state index contributed by atoms with van der Waals surface area (Å²) >= 11 is 0. The number of amides is 3. The molecule has 15 nitrogen and oxygen atoms in total. The Morgan fingerprint density at radius 2 is 1.40 bits per heavy atom. The number of anilines is 1. The number of methoxy groups -OCH3 is 3. The number of fused-ring (bicyclic) bond motifs is 4. The molecule has 1 aliphatic carbocycles. The van der Waals surface area contributed by atoms with E-state index in [0.29, 0.717) is 96.3 Å². The molecule has 0 aromatic heterocycles. The predicted octanol–water partition coefficient (Wildman–Crippen LogP) is 8.37. The van der Waals surface area contributed by atoms with Gasteiger partial charge in [-0.25, -0.2) is 0 Å². The molecule has 4 aliphatic heterocycles. The standard InChI is InChI=1S/C53H53N5O10/c1-64-39-15-11-32(12-16-39)34-22-35-29-54-43-27-47(45(65-2)25-41(43)52(62)40(35)24-34)67-20-7-21-68-48-28-44-42(26-46(48)66-3)53(63)58-31-36(23-38(58)30-55-44)33-9-13-37(14-10-33)56-49(59)8-5-4-6-19-57-50(60)17-18-51(57)61/h9-18,24-31,35,38,40,50,60H,4-8,19-23H2,1-3H3,(H,56,59)/t35-,38-,40?,50?/m0/s1. The van der Waals surface area contributed by atoms with Gasteiger partial charge in [0, 0.05) is 85.7 Å². The minimum Gasteiger partial charge on any atom is -0.497 e. The van der Waals surface area contributed by atoms with Gasteiger partial charge in [-0.15, -0.1) is 0 Å². The van der Waals surface area contributed by atoms with Gasteiger partial charge in [0.15, 0.2) is 28.8 Å². The fraction of sp³-hybridized carbons (Fsp3) is 0.321. The number of benzene rings is 4. The molecule has 0 saturated heterocycles. The molecule has 0 bridgehead atoms. The average Bonchev–Trinajstić information content (AvgIpc) is 4.04. The second-order valence-electron chi connectivity index (χ2n) is 17.2. The summed E-state index contributed by atoms with van der Waals surface area (Å²) in [7, 11) is 4.71. The normalized spacial score (nSPS) is 19.9. The number of unbranched alkanes of at least 4 members (excludes halogenated alkanes) is 2. The predicted molar refractivity (Wildman–Crippen MR) is 258 cm³/mol. The van der Waals surface area contributed by atoms with E-state index >= 15 is 0 Å². The highest BCUT2D eigenvalue weighted by Crippen LogP contribution is 2.44. The molecule has 0 radical (unpaired) electrons. The number of nitrogens with one attached hydrogen (secondary N) is 1. The van der Waals surface area contributed by atoms with E-state index in [1.165, 1.54) is 24.2 Å². The lowest BCUT2D eigenvalue weighted by molar-refractivity contribution is -0.130. The Kier molecular flexibility index (Phi) is 13.5. The first kappa shape index (κ1) is 45.6. The number of ether oxygens (including phenoxy) is 5. The third-order valence-corrected chi connectivity index (χ3v) is 12.9. The van der Waals surface area contributed by atoms with Gasteiger partial charge in [0.05, 0.1) is 57.5 Å². The zero-order valence-electron chi connectivity index (χ0n) is 38.2. The summed E-state index contributed by atoms with van der Waals surface area (Å²) in [6.07, 6.45) is 13.8. The summed E-state index contributed by atoms with van der Waals surface area (Å²) in [6.45, 7) is 1.01. The highest BCUT2D eigenvalue weighted by atomic mass is 16.5. The number of rotatable bonds is 18. The van der Waals surface area contributed by atoms with Crippen molar-refractivity contribution in [2.24, 2.45) is 21.8 Å². The van der Waals surface area contributed by atoms with Crippen molar-refractivity contribution in [3.05, 3.63) is 119 Å². The average molecular weight is 920 g/mol. The third-order valence-electron chi connectivity index (χ3n) is 12.9. The molecule has 4 aromatic rings. The van der Waals surface area contributed by atoms with Crippen LogP contribution in [0.5, 0.6) is 28.7 Å². The Balaban J connectivity index is 0.765. The molecule has 3 amide bonds. The molecule has 15 heteroatoms. The zero-order chi connectivity index (χ0) is 47.3. The van der Waals surface area contributed by atoms with Crippen LogP contribution in [0.2, 0.25) is 0 Å². The highest BCUT2D eigenvalue weighted by molar-refractivity contribution is 6.09. The summed E-state index contributed by atoms with van der Waals surface area (Å²) in [5.41, 5.74) is 6.64. The van der Waals surface area contributed by atoms with Crippen LogP contribution in [0.3, 0.4) is 0 Å². The number of allylic oxidation sites excluding steroid dienone is 2. The van der Waals surface area contributed by atoms with E-state index in [0.717, 1.165) is 34.4 Å². The zero-order valence-corrected chi connectivity index (χ0v) is 38.2. The monoisotopic (exact) mass is 919 g/mol. The topological polar surface area (TPSA) is 178 Å². The molecule has 350 valence electrons. The molecule has 0 fully saturated rings. The van der Waals surface area contributed by atoms with E-state index in [9.17, 15) is 24.3 Å². The number of nitrogens with zero attached hydrogens (tertiary/aromatic N) is 4. The second kappa shape index (κ2) is 20.1. The third kappa shape index (κ3) is 9.65. The lowest BCUT2D eigenvalue weighted by Gasteiger charge is -2.20. The van der Waals surface area contributed by atoms with Crippen LogP contribution in [-0.4, -0.2) is 104 Å². The molecule has 0 spiro atoms. The molecule has 68 heavy (non-hydrogen) atoms. The Morgan fingerprint density at radius 1 is 0.735 bits per heavy atom. The summed E-state index contributed by atoms with van der Waals surface area (Å²) in [5.74, 6) is 1.65. The largest absolute Gasteiger partial charge is 0.497 e. The van der Waals surface area contributed by atoms with Crippen molar-refractivity contribution in [3.8, 4) is 28.7 Å². The van der Waals surface area contributed by atoms with Gasteiger partial charge in [-0.3, -0.25) is 29.2 Å². The minimum absolute atomic E-state index is 0.00561. The number of carbonyl (C=O) groups is 4. The Bertz CT molecular complexity index is 2760. The van der Waals surface area contributed by atoms with Crippen LogP contribution in [0.25, 0.3) is 11.1 Å². The van der Waals surface area contributed by atoms with Gasteiger partial charge in [0.1, 0.15) is 12.0 Å². The minimum atomic E-state index is -0.867. The maximum atomic E-state index is 14.0.